The first kappa shape index (κ1) is 25.9. The van der Waals surface area contributed by atoms with Crippen LogP contribution in [0.4, 0.5) is 5.82 Å². The number of pyridine rings is 1. The van der Waals surface area contributed by atoms with Gasteiger partial charge in [0, 0.05) is 50.1 Å². The number of hydrogen-bond acceptors (Lipinski definition) is 7. The third-order valence-corrected chi connectivity index (χ3v) is 7.44. The molecule has 9 nitrogen and oxygen atoms in total. The van der Waals surface area contributed by atoms with E-state index in [-0.39, 0.29) is 11.9 Å². The number of likely N-dealkylation sites (tertiary alicyclic amines) is 1. The Morgan fingerprint density at radius 3 is 2.58 bits per heavy atom. The van der Waals surface area contributed by atoms with E-state index in [4.69, 9.17) is 9.47 Å². The molecule has 2 aromatic carbocycles. The molecule has 1 amide bonds. The normalized spacial score (nSPS) is 17.1. The lowest BCUT2D eigenvalue weighted by molar-refractivity contribution is -0.126. The fraction of sp³-hybridized carbons (Fsp3) is 0.323. The fourth-order valence-corrected chi connectivity index (χ4v) is 5.10. The Kier molecular flexibility index (Phi) is 7.63. The number of carbonyl (C=O) groups excluding carboxylic acids is 1. The van der Waals surface area contributed by atoms with Gasteiger partial charge in [-0.1, -0.05) is 24.3 Å². The molecule has 0 bridgehead atoms. The average molecular weight is 539 g/mol. The Hall–Kier alpha value is -4.37. The summed E-state index contributed by atoms with van der Waals surface area (Å²) in [6.45, 7) is 2.18. The molecule has 1 atom stereocenters. The zero-order valence-electron chi connectivity index (χ0n) is 22.6. The summed E-state index contributed by atoms with van der Waals surface area (Å²) < 4.78 is 12.1. The number of para-hydroxylation sites is 1. The molecule has 2 N–H and O–H groups in total. The summed E-state index contributed by atoms with van der Waals surface area (Å²) in [5, 5.41) is 11.7. The van der Waals surface area contributed by atoms with Gasteiger partial charge >= 0.3 is 0 Å². The number of nitrogens with zero attached hydrogens (tertiary/aromatic N) is 4. The molecule has 1 aliphatic heterocycles. The van der Waals surface area contributed by atoms with Crippen molar-refractivity contribution in [3.63, 3.8) is 0 Å². The largest absolute Gasteiger partial charge is 0.457 e. The second-order valence-electron chi connectivity index (χ2n) is 10.4. The molecule has 0 unspecified atom stereocenters. The molecular weight excluding hydrogens is 504 g/mol. The molecule has 2 aromatic heterocycles. The van der Waals surface area contributed by atoms with Gasteiger partial charge in [-0.2, -0.15) is 5.10 Å². The minimum absolute atomic E-state index is 0.0748. The number of ether oxygens (including phenoxy) is 2. The molecule has 3 heterocycles. The van der Waals surface area contributed by atoms with E-state index in [1.807, 2.05) is 71.6 Å². The van der Waals surface area contributed by atoms with Gasteiger partial charge in [0.25, 0.3) is 0 Å². The Morgan fingerprint density at radius 2 is 1.80 bits per heavy atom. The minimum Gasteiger partial charge on any atom is -0.457 e. The van der Waals surface area contributed by atoms with Crippen LogP contribution in [0.3, 0.4) is 0 Å². The minimum atomic E-state index is 0.0748. The highest BCUT2D eigenvalue weighted by Crippen LogP contribution is 2.34. The van der Waals surface area contributed by atoms with Gasteiger partial charge in [0.1, 0.15) is 28.4 Å². The number of likely N-dealkylation sites (N-methyl/N-ethyl adjacent to an activating group) is 1. The summed E-state index contributed by atoms with van der Waals surface area (Å²) in [6, 6.07) is 19.8. The van der Waals surface area contributed by atoms with Crippen LogP contribution in [0, 0.1) is 0 Å². The maximum atomic E-state index is 12.9. The third kappa shape index (κ3) is 6.10. The first-order valence-corrected chi connectivity index (χ1v) is 13.9. The van der Waals surface area contributed by atoms with Crippen LogP contribution in [0.15, 0.2) is 79.0 Å². The van der Waals surface area contributed by atoms with Gasteiger partial charge in [-0.25, -0.2) is 4.98 Å². The third-order valence-electron chi connectivity index (χ3n) is 7.44. The Morgan fingerprint density at radius 1 is 1.05 bits per heavy atom. The summed E-state index contributed by atoms with van der Waals surface area (Å²) in [5.41, 5.74) is 0.631. The lowest BCUT2D eigenvalue weighted by atomic mass is 10.2. The van der Waals surface area contributed by atoms with Crippen molar-refractivity contribution >= 4 is 22.8 Å². The van der Waals surface area contributed by atoms with Crippen LogP contribution in [-0.4, -0.2) is 69.7 Å². The van der Waals surface area contributed by atoms with E-state index in [1.165, 1.54) is 12.8 Å². The van der Waals surface area contributed by atoms with Gasteiger partial charge in [-0.15, -0.1) is 0 Å². The van der Waals surface area contributed by atoms with Crippen LogP contribution in [0.25, 0.3) is 11.0 Å². The monoisotopic (exact) mass is 538 g/mol. The predicted molar refractivity (Wildman–Crippen MR) is 155 cm³/mol. The number of aromatic amines is 1. The lowest BCUT2D eigenvalue weighted by Crippen LogP contribution is -2.38. The molecule has 1 saturated heterocycles. The maximum Gasteiger partial charge on any atom is 0.246 e. The predicted octanol–water partition coefficient (Wildman–Crippen LogP) is 5.60. The molecule has 4 aromatic rings. The highest BCUT2D eigenvalue weighted by atomic mass is 16.5. The van der Waals surface area contributed by atoms with Gasteiger partial charge < -0.3 is 19.7 Å². The number of amides is 1. The molecule has 206 valence electrons. The topological polar surface area (TPSA) is 95.6 Å². The number of rotatable bonds is 11. The average Bonchev–Trinajstić information content (AvgIpc) is 3.58. The van der Waals surface area contributed by atoms with Crippen LogP contribution >= 0.6 is 0 Å². The summed E-state index contributed by atoms with van der Waals surface area (Å²) in [7, 11) is 2.12. The van der Waals surface area contributed by atoms with Gasteiger partial charge in [-0.05, 0) is 69.1 Å². The number of hydrogen-bond donors (Lipinski definition) is 2. The highest BCUT2D eigenvalue weighted by molar-refractivity contribution is 5.93. The smallest absolute Gasteiger partial charge is 0.246 e. The second-order valence-corrected chi connectivity index (χ2v) is 10.4. The molecule has 1 saturated carbocycles. The SMILES string of the molecule is CN(CC=CC(=O)N1CCC[C@H]1CNc1n[nH]c2nccc(Oc3ccc(Oc4ccccc4)cc3)c12)C1CC1. The molecule has 2 fully saturated rings. The van der Waals surface area contributed by atoms with Crippen molar-refractivity contribution < 1.29 is 14.3 Å². The van der Waals surface area contributed by atoms with Crippen LogP contribution < -0.4 is 14.8 Å². The van der Waals surface area contributed by atoms with Crippen molar-refractivity contribution in [1.29, 1.82) is 0 Å². The van der Waals surface area contributed by atoms with Crippen molar-refractivity contribution in [2.24, 2.45) is 0 Å². The molecule has 6 rings (SSSR count). The van der Waals surface area contributed by atoms with Gasteiger partial charge in [-0.3, -0.25) is 14.8 Å². The molecule has 40 heavy (non-hydrogen) atoms. The van der Waals surface area contributed by atoms with Crippen LogP contribution in [0.2, 0.25) is 0 Å². The molecule has 2 aliphatic rings. The Labute approximate surface area is 233 Å². The van der Waals surface area contributed by atoms with Crippen molar-refractivity contribution in [3.05, 3.63) is 79.0 Å². The number of nitrogens with one attached hydrogen (secondary N) is 2. The summed E-state index contributed by atoms with van der Waals surface area (Å²) in [6.07, 6.45) is 9.88. The van der Waals surface area contributed by atoms with Crippen molar-refractivity contribution in [2.75, 3.05) is 32.0 Å². The number of carbonyl (C=O) groups is 1. The maximum absolute atomic E-state index is 12.9. The highest BCUT2D eigenvalue weighted by Gasteiger charge is 2.28. The van der Waals surface area contributed by atoms with Gasteiger partial charge in [0.05, 0.1) is 0 Å². The fourth-order valence-electron chi connectivity index (χ4n) is 5.10. The quantitative estimate of drug-likeness (QED) is 0.240. The van der Waals surface area contributed by atoms with Gasteiger partial charge in [0.2, 0.25) is 5.91 Å². The number of H-pyrrole nitrogens is 1. The van der Waals surface area contributed by atoms with Crippen LogP contribution in [0.5, 0.6) is 23.0 Å². The summed E-state index contributed by atoms with van der Waals surface area (Å²) >= 11 is 0. The van der Waals surface area contributed by atoms with E-state index in [0.29, 0.717) is 35.6 Å². The molecule has 1 aliphatic carbocycles. The van der Waals surface area contributed by atoms with E-state index >= 15 is 0 Å². The van der Waals surface area contributed by atoms with E-state index in [1.54, 1.807) is 12.3 Å². The van der Waals surface area contributed by atoms with Crippen molar-refractivity contribution in [1.82, 2.24) is 25.0 Å². The van der Waals surface area contributed by atoms with Crippen molar-refractivity contribution in [2.45, 2.75) is 37.8 Å². The lowest BCUT2D eigenvalue weighted by Gasteiger charge is -2.24. The van der Waals surface area contributed by atoms with E-state index < -0.39 is 0 Å². The molecule has 0 radical (unpaired) electrons. The number of aromatic nitrogens is 3. The van der Waals surface area contributed by atoms with Crippen molar-refractivity contribution in [3.8, 4) is 23.0 Å². The summed E-state index contributed by atoms with van der Waals surface area (Å²) in [4.78, 5) is 21.6. The van der Waals surface area contributed by atoms with Crippen LogP contribution in [-0.2, 0) is 4.79 Å². The number of fused-ring (bicyclic) bond motifs is 1. The van der Waals surface area contributed by atoms with E-state index in [0.717, 1.165) is 42.8 Å². The number of anilines is 1. The van der Waals surface area contributed by atoms with E-state index in [2.05, 4.69) is 32.4 Å². The second kappa shape index (κ2) is 11.8. The van der Waals surface area contributed by atoms with E-state index in [9.17, 15) is 4.79 Å². The van der Waals surface area contributed by atoms with Gasteiger partial charge in [0.15, 0.2) is 11.5 Å². The zero-order chi connectivity index (χ0) is 27.3. The molecule has 9 heteroatoms. The van der Waals surface area contributed by atoms with Crippen LogP contribution in [0.1, 0.15) is 25.7 Å². The molecule has 0 spiro atoms. The Bertz CT molecular complexity index is 1470. The Balaban J connectivity index is 1.10. The summed E-state index contributed by atoms with van der Waals surface area (Å²) in [5.74, 6) is 3.55. The number of benzene rings is 2. The standard InChI is InChI=1S/C31H34N6O3/c1-36(22-11-12-22)19-6-10-28(38)37-20-5-7-23(37)21-33-31-29-27(17-18-32-30(29)34-35-31)40-26-15-13-25(14-16-26)39-24-8-3-2-4-9-24/h2-4,6,8-10,13-18,22-23H,5,7,11-12,19-21H2,1H3,(H2,32,33,34,35)/t23-/m0/s1. The zero-order valence-corrected chi connectivity index (χ0v) is 22.6. The first-order valence-electron chi connectivity index (χ1n) is 13.9. The first-order chi connectivity index (χ1) is 19.6. The molecular formula is C31H34N6O3.